The zero-order chi connectivity index (χ0) is 38.5. The van der Waals surface area contributed by atoms with E-state index < -0.39 is 110 Å². The molecule has 0 saturated carbocycles. The maximum atomic E-state index is 12.8. The second-order valence-corrected chi connectivity index (χ2v) is 11.5. The molecule has 0 saturated heterocycles. The van der Waals surface area contributed by atoms with Crippen molar-refractivity contribution in [3.63, 3.8) is 0 Å². The number of carbonyl (C=O) groups excluding carboxylic acids is 4. The number of fused-ring (bicyclic) bond motifs is 1. The van der Waals surface area contributed by atoms with Crippen LogP contribution in [0.15, 0.2) is 29.1 Å². The van der Waals surface area contributed by atoms with Crippen LogP contribution in [0.5, 0.6) is 0 Å². The molecule has 280 valence electrons. The summed E-state index contributed by atoms with van der Waals surface area (Å²) in [5.41, 5.74) is 5.60. The molecule has 0 aliphatic carbocycles. The van der Waals surface area contributed by atoms with Crippen molar-refractivity contribution in [1.82, 2.24) is 25.9 Å². The highest BCUT2D eigenvalue weighted by Crippen LogP contribution is 2.22. The number of benzene rings is 1. The summed E-state index contributed by atoms with van der Waals surface area (Å²) < 4.78 is 0. The molecule has 0 fully saturated rings. The van der Waals surface area contributed by atoms with Crippen LogP contribution >= 0.6 is 0 Å². The van der Waals surface area contributed by atoms with Crippen LogP contribution in [0.3, 0.4) is 0 Å². The Balaban J connectivity index is 1.51. The molecule has 12 N–H and O–H groups in total. The number of amides is 4. The van der Waals surface area contributed by atoms with Gasteiger partial charge in [0.05, 0.1) is 6.04 Å². The monoisotopic (exact) mass is 731 g/mol. The van der Waals surface area contributed by atoms with Gasteiger partial charge < -0.3 is 57.6 Å². The second kappa shape index (κ2) is 18.3. The van der Waals surface area contributed by atoms with Crippen molar-refractivity contribution in [3.8, 4) is 0 Å². The highest BCUT2D eigenvalue weighted by Gasteiger charge is 2.27. The summed E-state index contributed by atoms with van der Waals surface area (Å²) in [7, 11) is 0. The first-order valence-corrected chi connectivity index (χ1v) is 15.6. The Kier molecular flexibility index (Phi) is 14.0. The number of carbonyl (C=O) groups is 8. The third-order valence-corrected chi connectivity index (χ3v) is 7.64. The number of aromatic nitrogens is 2. The molecular formula is C30H37N9O13. The summed E-state index contributed by atoms with van der Waals surface area (Å²) >= 11 is 0. The maximum absolute atomic E-state index is 12.8. The van der Waals surface area contributed by atoms with Crippen LogP contribution in [-0.2, 0) is 33.6 Å². The number of carboxylic acid groups (broad SMARTS) is 4. The predicted molar refractivity (Wildman–Crippen MR) is 178 cm³/mol. The van der Waals surface area contributed by atoms with E-state index in [1.165, 1.54) is 29.2 Å². The first-order chi connectivity index (χ1) is 24.6. The van der Waals surface area contributed by atoms with Crippen molar-refractivity contribution in [2.75, 3.05) is 34.4 Å². The van der Waals surface area contributed by atoms with Crippen molar-refractivity contribution >= 4 is 71.1 Å². The van der Waals surface area contributed by atoms with Gasteiger partial charge in [-0.2, -0.15) is 4.98 Å². The van der Waals surface area contributed by atoms with E-state index >= 15 is 0 Å². The van der Waals surface area contributed by atoms with E-state index in [1.807, 2.05) is 0 Å². The molecule has 1 aliphatic heterocycles. The number of nitrogens with two attached hydrogens (primary N) is 1. The topological polar surface area (TPSA) is 353 Å². The number of hydrogen-bond donors (Lipinski definition) is 11. The molecule has 1 aliphatic rings. The molecule has 1 aromatic carbocycles. The minimum Gasteiger partial charge on any atom is -0.481 e. The van der Waals surface area contributed by atoms with Gasteiger partial charge in [0.25, 0.3) is 11.5 Å². The largest absolute Gasteiger partial charge is 0.481 e. The number of aromatic amines is 1. The van der Waals surface area contributed by atoms with Gasteiger partial charge in [-0.1, -0.05) is 0 Å². The summed E-state index contributed by atoms with van der Waals surface area (Å²) in [6.07, 6.45) is -2.39. The van der Waals surface area contributed by atoms with Gasteiger partial charge in [0.15, 0.2) is 5.82 Å². The van der Waals surface area contributed by atoms with E-state index in [0.29, 0.717) is 18.6 Å². The molecule has 1 aromatic heterocycles. The second-order valence-electron chi connectivity index (χ2n) is 11.5. The lowest BCUT2D eigenvalue weighted by atomic mass is 10.1. The molecule has 22 heteroatoms. The van der Waals surface area contributed by atoms with Gasteiger partial charge in [-0.3, -0.25) is 33.8 Å². The van der Waals surface area contributed by atoms with Crippen LogP contribution in [0.2, 0.25) is 0 Å². The summed E-state index contributed by atoms with van der Waals surface area (Å²) in [5.74, 6) is -8.22. The number of H-pyrrole nitrogens is 1. The summed E-state index contributed by atoms with van der Waals surface area (Å²) in [4.78, 5) is 115. The van der Waals surface area contributed by atoms with Crippen molar-refractivity contribution in [3.05, 3.63) is 40.2 Å². The Labute approximate surface area is 293 Å². The molecule has 2 heterocycles. The van der Waals surface area contributed by atoms with Crippen LogP contribution < -0.4 is 42.8 Å². The minimum atomic E-state index is -1.61. The number of nitrogens with one attached hydrogen (secondary N) is 6. The van der Waals surface area contributed by atoms with E-state index in [4.69, 9.17) is 15.9 Å². The highest BCUT2D eigenvalue weighted by molar-refractivity contribution is 5.97. The first-order valence-electron chi connectivity index (χ1n) is 15.6. The number of nitrogen functional groups attached to an aromatic ring is 1. The van der Waals surface area contributed by atoms with E-state index in [0.717, 1.165) is 0 Å². The Morgan fingerprint density at radius 1 is 0.846 bits per heavy atom. The quantitative estimate of drug-likeness (QED) is 0.0654. The number of nitrogens with zero attached hydrogens (tertiary/aromatic N) is 2. The summed E-state index contributed by atoms with van der Waals surface area (Å²) in [6.45, 7) is 0.396. The Bertz CT molecular complexity index is 1750. The third-order valence-electron chi connectivity index (χ3n) is 7.64. The van der Waals surface area contributed by atoms with Crippen LogP contribution in [0.1, 0.15) is 48.9 Å². The van der Waals surface area contributed by atoms with Crippen LogP contribution in [0.4, 0.5) is 23.1 Å². The lowest BCUT2D eigenvalue weighted by Crippen LogP contribution is -2.45. The highest BCUT2D eigenvalue weighted by atomic mass is 16.4. The van der Waals surface area contributed by atoms with Crippen molar-refractivity contribution in [2.45, 2.75) is 62.7 Å². The smallest absolute Gasteiger partial charge is 0.326 e. The fraction of sp³-hybridized carbons (Fsp3) is 0.400. The van der Waals surface area contributed by atoms with Gasteiger partial charge in [-0.15, -0.1) is 0 Å². The lowest BCUT2D eigenvalue weighted by molar-refractivity contribution is -0.144. The van der Waals surface area contributed by atoms with E-state index in [2.05, 4.69) is 36.6 Å². The first kappa shape index (κ1) is 39.7. The molecular weight excluding hydrogens is 694 g/mol. The van der Waals surface area contributed by atoms with Crippen LogP contribution in [-0.4, -0.2) is 116 Å². The molecule has 4 amide bonds. The molecule has 3 rings (SSSR count). The molecule has 0 bridgehead atoms. The third kappa shape index (κ3) is 11.7. The number of hydrogen-bond acceptors (Lipinski definition) is 13. The zero-order valence-corrected chi connectivity index (χ0v) is 27.3. The fourth-order valence-corrected chi connectivity index (χ4v) is 4.95. The van der Waals surface area contributed by atoms with Gasteiger partial charge in [0.1, 0.15) is 23.8 Å². The van der Waals surface area contributed by atoms with E-state index in [9.17, 15) is 53.4 Å². The van der Waals surface area contributed by atoms with Gasteiger partial charge in [-0.05, 0) is 43.5 Å². The molecule has 22 nitrogen and oxygen atoms in total. The maximum Gasteiger partial charge on any atom is 0.326 e. The van der Waals surface area contributed by atoms with Gasteiger partial charge >= 0.3 is 23.9 Å². The lowest BCUT2D eigenvalue weighted by Gasteiger charge is -2.30. The van der Waals surface area contributed by atoms with Gasteiger partial charge in [-0.25, -0.2) is 14.4 Å². The van der Waals surface area contributed by atoms with Gasteiger partial charge in [0.2, 0.25) is 24.2 Å². The normalized spacial score (nSPS) is 14.8. The van der Waals surface area contributed by atoms with Crippen LogP contribution in [0, 0.1) is 0 Å². The zero-order valence-electron chi connectivity index (χ0n) is 27.3. The van der Waals surface area contributed by atoms with Gasteiger partial charge in [0, 0.05) is 43.6 Å². The number of aliphatic carboxylic acids is 4. The average Bonchev–Trinajstić information content (AvgIpc) is 3.08. The molecule has 52 heavy (non-hydrogen) atoms. The standard InChI is InChI=1S/C30H37N9O13/c31-30-37-24-23(26(46)38-30)33-15(11-32-24)12-39(13-40)16-3-1-14(2-4-16)25(45)36-19(29(51)52)6-9-21(42)34-17(27(47)48)5-8-20(41)35-18(28(49)50)7-10-22(43)44/h1-4,13,15,17-19,33H,5-12H2,(H,34,42)(H,35,41)(H,36,45)(H,43,44)(H,47,48)(H,49,50)(H,51,52)(H4,31,32,37,38,46). The Morgan fingerprint density at radius 2 is 1.37 bits per heavy atom. The number of anilines is 4. The molecule has 4 unspecified atom stereocenters. The number of rotatable bonds is 20. The molecule has 4 atom stereocenters. The van der Waals surface area contributed by atoms with Crippen molar-refractivity contribution < 1.29 is 58.8 Å². The SMILES string of the molecule is Nc1nc2c(c(=O)[nH]1)NC(CN(C=O)c1ccc(C(=O)NC(CCC(=O)NC(CCC(=O)NC(CCC(=O)O)C(=O)O)C(=O)O)C(=O)O)cc1)CN2. The summed E-state index contributed by atoms with van der Waals surface area (Å²) in [5, 5.41) is 49.4. The average molecular weight is 732 g/mol. The predicted octanol–water partition coefficient (Wildman–Crippen LogP) is -2.03. The molecule has 2 aromatic rings. The Morgan fingerprint density at radius 3 is 1.87 bits per heavy atom. The molecule has 0 spiro atoms. The van der Waals surface area contributed by atoms with E-state index in [1.54, 1.807) is 0 Å². The number of carboxylic acids is 4. The van der Waals surface area contributed by atoms with Crippen LogP contribution in [0.25, 0.3) is 0 Å². The van der Waals surface area contributed by atoms with E-state index in [-0.39, 0.29) is 29.6 Å². The fourth-order valence-electron chi connectivity index (χ4n) is 4.95. The van der Waals surface area contributed by atoms with Crippen molar-refractivity contribution in [1.29, 1.82) is 0 Å². The Hall–Kier alpha value is -6.74. The molecule has 0 radical (unpaired) electrons. The van der Waals surface area contributed by atoms with Crippen molar-refractivity contribution in [2.24, 2.45) is 0 Å². The minimum absolute atomic E-state index is 0.0178. The summed E-state index contributed by atoms with van der Waals surface area (Å²) in [6, 6.07) is 0.434.